The van der Waals surface area contributed by atoms with Crippen molar-refractivity contribution in [2.75, 3.05) is 32.4 Å². The van der Waals surface area contributed by atoms with Crippen LogP contribution < -0.4 is 4.74 Å². The second kappa shape index (κ2) is 9.29. The minimum absolute atomic E-state index is 0.658. The van der Waals surface area contributed by atoms with Crippen LogP contribution in [0.15, 0.2) is 41.4 Å². The SMILES string of the molecule is CSc1ccc(Oc2ccc(CN3CCN(C4CCCC4)CC3)cn2)cc1C. The van der Waals surface area contributed by atoms with Crippen molar-refractivity contribution in [2.45, 2.75) is 50.1 Å². The van der Waals surface area contributed by atoms with Gasteiger partial charge in [-0.3, -0.25) is 9.80 Å². The number of nitrogens with zero attached hydrogens (tertiary/aromatic N) is 3. The number of hydrogen-bond acceptors (Lipinski definition) is 5. The Bertz CT molecular complexity index is 766. The van der Waals surface area contributed by atoms with Crippen molar-refractivity contribution in [3.8, 4) is 11.6 Å². The van der Waals surface area contributed by atoms with Gasteiger partial charge in [0.25, 0.3) is 0 Å². The molecule has 1 aliphatic carbocycles. The smallest absolute Gasteiger partial charge is 0.219 e. The van der Waals surface area contributed by atoms with E-state index < -0.39 is 0 Å². The van der Waals surface area contributed by atoms with Gasteiger partial charge in [0.1, 0.15) is 5.75 Å². The van der Waals surface area contributed by atoms with E-state index in [1.54, 1.807) is 11.8 Å². The summed E-state index contributed by atoms with van der Waals surface area (Å²) in [5.74, 6) is 1.50. The Balaban J connectivity index is 1.28. The molecule has 1 aromatic heterocycles. The second-order valence-electron chi connectivity index (χ2n) is 7.99. The van der Waals surface area contributed by atoms with Gasteiger partial charge in [-0.2, -0.15) is 0 Å². The summed E-state index contributed by atoms with van der Waals surface area (Å²) in [5.41, 5.74) is 2.49. The summed E-state index contributed by atoms with van der Waals surface area (Å²) in [7, 11) is 0. The van der Waals surface area contributed by atoms with Crippen LogP contribution in [-0.2, 0) is 6.54 Å². The maximum absolute atomic E-state index is 5.93. The molecule has 0 unspecified atom stereocenters. The van der Waals surface area contributed by atoms with E-state index in [-0.39, 0.29) is 0 Å². The van der Waals surface area contributed by atoms with Gasteiger partial charge in [0, 0.05) is 55.9 Å². The lowest BCUT2D eigenvalue weighted by Crippen LogP contribution is -2.49. The van der Waals surface area contributed by atoms with Crippen LogP contribution in [0.3, 0.4) is 0 Å². The van der Waals surface area contributed by atoms with Crippen molar-refractivity contribution in [3.05, 3.63) is 47.7 Å². The first-order valence-corrected chi connectivity index (χ1v) is 11.7. The number of hydrogen-bond donors (Lipinski definition) is 0. The van der Waals surface area contributed by atoms with Gasteiger partial charge in [-0.15, -0.1) is 11.8 Å². The van der Waals surface area contributed by atoms with Crippen LogP contribution in [0.1, 0.15) is 36.8 Å². The highest BCUT2D eigenvalue weighted by Crippen LogP contribution is 2.27. The molecule has 1 aliphatic heterocycles. The quantitative estimate of drug-likeness (QED) is 0.642. The third-order valence-electron chi connectivity index (χ3n) is 6.04. The Morgan fingerprint density at radius 2 is 1.86 bits per heavy atom. The summed E-state index contributed by atoms with van der Waals surface area (Å²) in [6.45, 7) is 7.84. The summed E-state index contributed by atoms with van der Waals surface area (Å²) in [6.07, 6.45) is 9.72. The van der Waals surface area contributed by atoms with Crippen LogP contribution in [0.2, 0.25) is 0 Å². The highest BCUT2D eigenvalue weighted by molar-refractivity contribution is 7.98. The van der Waals surface area contributed by atoms with Gasteiger partial charge in [-0.25, -0.2) is 4.98 Å². The molecule has 4 nitrogen and oxygen atoms in total. The van der Waals surface area contributed by atoms with E-state index in [1.165, 1.54) is 54.8 Å². The maximum Gasteiger partial charge on any atom is 0.219 e. The topological polar surface area (TPSA) is 28.6 Å². The molecule has 1 saturated carbocycles. The number of benzene rings is 1. The number of thioether (sulfide) groups is 1. The van der Waals surface area contributed by atoms with E-state index in [4.69, 9.17) is 4.74 Å². The Hall–Kier alpha value is -1.56. The third kappa shape index (κ3) is 4.88. The Kier molecular flexibility index (Phi) is 6.55. The molecule has 5 heteroatoms. The van der Waals surface area contributed by atoms with Crippen molar-refractivity contribution in [1.82, 2.24) is 14.8 Å². The van der Waals surface area contributed by atoms with Gasteiger partial charge < -0.3 is 4.74 Å². The second-order valence-corrected chi connectivity index (χ2v) is 8.84. The van der Waals surface area contributed by atoms with Gasteiger partial charge in [0.2, 0.25) is 5.88 Å². The molecule has 0 radical (unpaired) electrons. The summed E-state index contributed by atoms with van der Waals surface area (Å²) < 4.78 is 5.93. The van der Waals surface area contributed by atoms with Crippen LogP contribution in [0.5, 0.6) is 11.6 Å². The molecule has 2 heterocycles. The van der Waals surface area contributed by atoms with Crippen molar-refractivity contribution in [2.24, 2.45) is 0 Å². The van der Waals surface area contributed by atoms with Crippen LogP contribution in [0.4, 0.5) is 0 Å². The third-order valence-corrected chi connectivity index (χ3v) is 6.94. The van der Waals surface area contributed by atoms with Crippen molar-refractivity contribution >= 4 is 11.8 Å². The van der Waals surface area contributed by atoms with E-state index in [0.717, 1.165) is 31.4 Å². The molecule has 0 N–H and O–H groups in total. The van der Waals surface area contributed by atoms with Gasteiger partial charge >= 0.3 is 0 Å². The predicted molar refractivity (Wildman–Crippen MR) is 116 cm³/mol. The van der Waals surface area contributed by atoms with Crippen molar-refractivity contribution in [3.63, 3.8) is 0 Å². The van der Waals surface area contributed by atoms with Gasteiger partial charge in [0.15, 0.2) is 0 Å². The van der Waals surface area contributed by atoms with Crippen LogP contribution in [0, 0.1) is 6.92 Å². The molecule has 0 amide bonds. The molecule has 0 atom stereocenters. The lowest BCUT2D eigenvalue weighted by molar-refractivity contribution is 0.0936. The van der Waals surface area contributed by atoms with Crippen LogP contribution in [0.25, 0.3) is 0 Å². The molecule has 150 valence electrons. The number of rotatable bonds is 6. The molecule has 2 aliphatic rings. The molecule has 1 saturated heterocycles. The average Bonchev–Trinajstić information content (AvgIpc) is 3.25. The standard InChI is InChI=1S/C23H31N3OS/c1-18-15-21(8-9-22(18)28-2)27-23-10-7-19(16-24-23)17-25-11-13-26(14-12-25)20-5-3-4-6-20/h7-10,15-16,20H,3-6,11-14,17H2,1-2H3. The monoisotopic (exact) mass is 397 g/mol. The number of pyridine rings is 1. The summed E-state index contributed by atoms with van der Waals surface area (Å²) in [5, 5.41) is 0. The zero-order valence-electron chi connectivity index (χ0n) is 17.1. The summed E-state index contributed by atoms with van der Waals surface area (Å²) in [4.78, 5) is 11.1. The molecule has 4 rings (SSSR count). The van der Waals surface area contributed by atoms with E-state index >= 15 is 0 Å². The minimum Gasteiger partial charge on any atom is -0.439 e. The van der Waals surface area contributed by atoms with Crippen LogP contribution >= 0.6 is 11.8 Å². The lowest BCUT2D eigenvalue weighted by Gasteiger charge is -2.38. The fourth-order valence-corrected chi connectivity index (χ4v) is 5.00. The molecular formula is C23H31N3OS. The highest BCUT2D eigenvalue weighted by atomic mass is 32.2. The Morgan fingerprint density at radius 1 is 1.07 bits per heavy atom. The summed E-state index contributed by atoms with van der Waals surface area (Å²) >= 11 is 1.76. The number of ether oxygens (including phenoxy) is 1. The first kappa shape index (κ1) is 19.7. The number of aromatic nitrogens is 1. The van der Waals surface area contributed by atoms with E-state index in [9.17, 15) is 0 Å². The molecule has 2 fully saturated rings. The molecule has 1 aromatic carbocycles. The van der Waals surface area contributed by atoms with E-state index in [0.29, 0.717) is 5.88 Å². The lowest BCUT2D eigenvalue weighted by atomic mass is 10.1. The van der Waals surface area contributed by atoms with E-state index in [1.807, 2.05) is 18.3 Å². The average molecular weight is 398 g/mol. The zero-order valence-corrected chi connectivity index (χ0v) is 17.9. The van der Waals surface area contributed by atoms with Crippen molar-refractivity contribution in [1.29, 1.82) is 0 Å². The van der Waals surface area contributed by atoms with E-state index in [2.05, 4.69) is 46.2 Å². The highest BCUT2D eigenvalue weighted by Gasteiger charge is 2.26. The van der Waals surface area contributed by atoms with Gasteiger partial charge in [-0.05, 0) is 55.3 Å². The first-order chi connectivity index (χ1) is 13.7. The fourth-order valence-electron chi connectivity index (χ4n) is 4.41. The molecule has 0 bridgehead atoms. The molecule has 28 heavy (non-hydrogen) atoms. The van der Waals surface area contributed by atoms with Gasteiger partial charge in [0.05, 0.1) is 0 Å². The minimum atomic E-state index is 0.658. The Morgan fingerprint density at radius 3 is 2.50 bits per heavy atom. The Labute approximate surface area is 173 Å². The zero-order chi connectivity index (χ0) is 19.3. The largest absolute Gasteiger partial charge is 0.439 e. The summed E-state index contributed by atoms with van der Waals surface area (Å²) in [6, 6.07) is 11.2. The normalized spacial score (nSPS) is 19.2. The maximum atomic E-state index is 5.93. The number of piperazine rings is 1. The van der Waals surface area contributed by atoms with Gasteiger partial charge in [-0.1, -0.05) is 18.9 Å². The first-order valence-electron chi connectivity index (χ1n) is 10.4. The molecule has 2 aromatic rings. The molecular weight excluding hydrogens is 366 g/mol. The molecule has 0 spiro atoms. The fraction of sp³-hybridized carbons (Fsp3) is 0.522. The van der Waals surface area contributed by atoms with Crippen LogP contribution in [-0.4, -0.2) is 53.3 Å². The predicted octanol–water partition coefficient (Wildman–Crippen LogP) is 4.96. The van der Waals surface area contributed by atoms with Crippen molar-refractivity contribution < 1.29 is 4.74 Å². The number of aryl methyl sites for hydroxylation is 1.